The zero-order valence-corrected chi connectivity index (χ0v) is 14.6. The summed E-state index contributed by atoms with van der Waals surface area (Å²) in [5.74, 6) is -1.41. The Bertz CT molecular complexity index is 958. The lowest BCUT2D eigenvalue weighted by molar-refractivity contribution is 0.0698. The van der Waals surface area contributed by atoms with E-state index in [1.54, 1.807) is 24.3 Å². The molecule has 3 rings (SSSR count). The SMILES string of the molecule is Cc1cc(C)cc(C(=O)Nc2cc(-c3ccccc3)ccc2C(=O)O)c1. The van der Waals surface area contributed by atoms with Gasteiger partial charge in [0.15, 0.2) is 0 Å². The van der Waals surface area contributed by atoms with E-state index >= 15 is 0 Å². The molecule has 4 heteroatoms. The van der Waals surface area contributed by atoms with Crippen molar-refractivity contribution in [2.75, 3.05) is 5.32 Å². The number of carboxylic acid groups (broad SMARTS) is 1. The molecule has 0 aliphatic heterocycles. The summed E-state index contributed by atoms with van der Waals surface area (Å²) < 4.78 is 0. The molecule has 0 saturated heterocycles. The molecule has 0 heterocycles. The summed E-state index contributed by atoms with van der Waals surface area (Å²) in [6.07, 6.45) is 0. The van der Waals surface area contributed by atoms with E-state index in [-0.39, 0.29) is 17.2 Å². The lowest BCUT2D eigenvalue weighted by atomic mass is 10.0. The van der Waals surface area contributed by atoms with Gasteiger partial charge in [0.1, 0.15) is 0 Å². The van der Waals surface area contributed by atoms with Crippen molar-refractivity contribution in [3.63, 3.8) is 0 Å². The standard InChI is InChI=1S/C22H19NO3/c1-14-10-15(2)12-18(11-14)21(24)23-20-13-17(8-9-19(20)22(25)26)16-6-4-3-5-7-16/h3-13H,1-2H3,(H,23,24)(H,25,26). The van der Waals surface area contributed by atoms with Crippen molar-refractivity contribution < 1.29 is 14.7 Å². The molecule has 0 aliphatic rings. The molecule has 0 radical (unpaired) electrons. The van der Waals surface area contributed by atoms with Crippen LogP contribution in [0.3, 0.4) is 0 Å². The van der Waals surface area contributed by atoms with Crippen LogP contribution in [0.5, 0.6) is 0 Å². The van der Waals surface area contributed by atoms with Crippen LogP contribution >= 0.6 is 0 Å². The van der Waals surface area contributed by atoms with E-state index in [1.807, 2.05) is 50.2 Å². The zero-order chi connectivity index (χ0) is 18.7. The van der Waals surface area contributed by atoms with E-state index in [1.165, 1.54) is 6.07 Å². The maximum Gasteiger partial charge on any atom is 0.337 e. The van der Waals surface area contributed by atoms with Gasteiger partial charge in [-0.25, -0.2) is 4.79 Å². The Balaban J connectivity index is 1.99. The molecule has 26 heavy (non-hydrogen) atoms. The molecule has 3 aromatic carbocycles. The third-order valence-electron chi connectivity index (χ3n) is 4.09. The van der Waals surface area contributed by atoms with Crippen LogP contribution in [0.4, 0.5) is 5.69 Å². The molecule has 0 bridgehead atoms. The molecule has 4 nitrogen and oxygen atoms in total. The van der Waals surface area contributed by atoms with Gasteiger partial charge in [-0.05, 0) is 49.2 Å². The number of rotatable bonds is 4. The third kappa shape index (κ3) is 3.81. The second-order valence-electron chi connectivity index (χ2n) is 6.26. The highest BCUT2D eigenvalue weighted by molar-refractivity contribution is 6.08. The number of benzene rings is 3. The average molecular weight is 345 g/mol. The van der Waals surface area contributed by atoms with Crippen molar-refractivity contribution in [2.24, 2.45) is 0 Å². The number of amides is 1. The molecular formula is C22H19NO3. The smallest absolute Gasteiger partial charge is 0.337 e. The van der Waals surface area contributed by atoms with Gasteiger partial charge in [-0.15, -0.1) is 0 Å². The monoisotopic (exact) mass is 345 g/mol. The topological polar surface area (TPSA) is 66.4 Å². The van der Waals surface area contributed by atoms with E-state index in [0.29, 0.717) is 5.56 Å². The highest BCUT2D eigenvalue weighted by Gasteiger charge is 2.15. The number of carboxylic acids is 1. The number of hydrogen-bond acceptors (Lipinski definition) is 2. The van der Waals surface area contributed by atoms with E-state index < -0.39 is 5.97 Å². The molecule has 0 aliphatic carbocycles. The summed E-state index contributed by atoms with van der Waals surface area (Å²) in [6.45, 7) is 3.84. The van der Waals surface area contributed by atoms with Crippen molar-refractivity contribution in [3.05, 3.63) is 89.0 Å². The number of hydrogen-bond donors (Lipinski definition) is 2. The lowest BCUT2D eigenvalue weighted by Gasteiger charge is -2.12. The van der Waals surface area contributed by atoms with Crippen LogP contribution in [0, 0.1) is 13.8 Å². The second kappa shape index (κ2) is 7.23. The first-order valence-corrected chi connectivity index (χ1v) is 8.26. The first-order chi connectivity index (χ1) is 12.4. The van der Waals surface area contributed by atoms with Crippen LogP contribution in [0.1, 0.15) is 31.8 Å². The van der Waals surface area contributed by atoms with Gasteiger partial charge in [-0.2, -0.15) is 0 Å². The summed E-state index contributed by atoms with van der Waals surface area (Å²) in [5, 5.41) is 12.2. The minimum absolute atomic E-state index is 0.0578. The molecule has 3 aromatic rings. The third-order valence-corrected chi connectivity index (χ3v) is 4.09. The fourth-order valence-electron chi connectivity index (χ4n) is 2.94. The largest absolute Gasteiger partial charge is 0.478 e. The number of carbonyl (C=O) groups excluding carboxylic acids is 1. The fourth-order valence-corrected chi connectivity index (χ4v) is 2.94. The van der Waals surface area contributed by atoms with Crippen molar-refractivity contribution in [1.82, 2.24) is 0 Å². The summed E-state index contributed by atoms with van der Waals surface area (Å²) in [5.41, 5.74) is 4.59. The maximum atomic E-state index is 12.6. The van der Waals surface area contributed by atoms with Gasteiger partial charge >= 0.3 is 5.97 Å². The van der Waals surface area contributed by atoms with Crippen LogP contribution in [0.25, 0.3) is 11.1 Å². The first kappa shape index (κ1) is 17.4. The highest BCUT2D eigenvalue weighted by atomic mass is 16.4. The number of anilines is 1. The predicted molar refractivity (Wildman–Crippen MR) is 103 cm³/mol. The van der Waals surface area contributed by atoms with Gasteiger partial charge < -0.3 is 10.4 Å². The normalized spacial score (nSPS) is 10.4. The van der Waals surface area contributed by atoms with E-state index in [4.69, 9.17) is 0 Å². The number of aryl methyl sites for hydroxylation is 2. The Morgan fingerprint density at radius 3 is 2.08 bits per heavy atom. The van der Waals surface area contributed by atoms with Crippen molar-refractivity contribution in [1.29, 1.82) is 0 Å². The van der Waals surface area contributed by atoms with Gasteiger partial charge in [0, 0.05) is 5.56 Å². The Morgan fingerprint density at radius 2 is 1.46 bits per heavy atom. The Kier molecular flexibility index (Phi) is 4.85. The lowest BCUT2D eigenvalue weighted by Crippen LogP contribution is -2.15. The summed E-state index contributed by atoms with van der Waals surface area (Å²) in [7, 11) is 0. The van der Waals surface area contributed by atoms with E-state index in [9.17, 15) is 14.7 Å². The number of carbonyl (C=O) groups is 2. The molecule has 0 fully saturated rings. The summed E-state index contributed by atoms with van der Waals surface area (Å²) >= 11 is 0. The van der Waals surface area contributed by atoms with Crippen LogP contribution in [-0.4, -0.2) is 17.0 Å². The van der Waals surface area contributed by atoms with Gasteiger partial charge in [0.2, 0.25) is 0 Å². The fraction of sp³-hybridized carbons (Fsp3) is 0.0909. The molecule has 0 unspecified atom stereocenters. The van der Waals surface area contributed by atoms with E-state index in [2.05, 4.69) is 5.32 Å². The molecule has 2 N–H and O–H groups in total. The molecule has 1 amide bonds. The maximum absolute atomic E-state index is 12.6. The number of aromatic carboxylic acids is 1. The summed E-state index contributed by atoms with van der Waals surface area (Å²) in [4.78, 5) is 24.2. The van der Waals surface area contributed by atoms with Gasteiger partial charge in [-0.1, -0.05) is 53.6 Å². The minimum Gasteiger partial charge on any atom is -0.478 e. The number of nitrogens with one attached hydrogen (secondary N) is 1. The second-order valence-corrected chi connectivity index (χ2v) is 6.26. The van der Waals surface area contributed by atoms with Gasteiger partial charge in [-0.3, -0.25) is 4.79 Å². The Morgan fingerprint density at radius 1 is 0.808 bits per heavy atom. The minimum atomic E-state index is -1.08. The quantitative estimate of drug-likeness (QED) is 0.705. The van der Waals surface area contributed by atoms with Gasteiger partial charge in [0.25, 0.3) is 5.91 Å². The molecule has 0 spiro atoms. The predicted octanol–water partition coefficient (Wildman–Crippen LogP) is 4.92. The zero-order valence-electron chi connectivity index (χ0n) is 14.6. The highest BCUT2D eigenvalue weighted by Crippen LogP contribution is 2.26. The first-order valence-electron chi connectivity index (χ1n) is 8.26. The molecular weight excluding hydrogens is 326 g/mol. The van der Waals surface area contributed by atoms with Crippen LogP contribution in [-0.2, 0) is 0 Å². The summed E-state index contributed by atoms with van der Waals surface area (Å²) in [6, 6.07) is 20.1. The molecule has 0 aromatic heterocycles. The van der Waals surface area contributed by atoms with Crippen LogP contribution < -0.4 is 5.32 Å². The van der Waals surface area contributed by atoms with E-state index in [0.717, 1.165) is 22.3 Å². The van der Waals surface area contributed by atoms with Crippen molar-refractivity contribution in [2.45, 2.75) is 13.8 Å². The van der Waals surface area contributed by atoms with Crippen molar-refractivity contribution >= 4 is 17.6 Å². The van der Waals surface area contributed by atoms with Crippen LogP contribution in [0.15, 0.2) is 66.7 Å². The average Bonchev–Trinajstić information content (AvgIpc) is 2.61. The van der Waals surface area contributed by atoms with Crippen LogP contribution in [0.2, 0.25) is 0 Å². The Hall–Kier alpha value is -3.40. The van der Waals surface area contributed by atoms with Crippen molar-refractivity contribution in [3.8, 4) is 11.1 Å². The molecule has 0 saturated carbocycles. The van der Waals surface area contributed by atoms with Gasteiger partial charge in [0.05, 0.1) is 11.3 Å². The molecule has 0 atom stereocenters. The Labute approximate surface area is 152 Å². The molecule has 130 valence electrons.